The molecule has 0 fully saturated rings. The molecule has 0 aromatic heterocycles. The molecule has 0 bridgehead atoms. The lowest BCUT2D eigenvalue weighted by atomic mass is 10.1. The number of nitrogens with one attached hydrogen (secondary N) is 2. The number of rotatable bonds is 6. The molecule has 0 radical (unpaired) electrons. The van der Waals surface area contributed by atoms with Crippen molar-refractivity contribution in [2.24, 2.45) is 0 Å². The van der Waals surface area contributed by atoms with Crippen LogP contribution < -0.4 is 10.6 Å². The van der Waals surface area contributed by atoms with Gasteiger partial charge in [-0.25, -0.2) is 0 Å². The first kappa shape index (κ1) is 14.2. The van der Waals surface area contributed by atoms with E-state index in [4.69, 9.17) is 0 Å². The van der Waals surface area contributed by atoms with Crippen LogP contribution in [0.5, 0.6) is 0 Å². The molecule has 96 valence electrons. The zero-order valence-corrected chi connectivity index (χ0v) is 11.0. The topological polar surface area (TPSA) is 44.3 Å². The first-order valence-electron chi connectivity index (χ1n) is 6.17. The quantitative estimate of drug-likeness (QED) is 0.659. The Bertz CT molecular complexity index is 306. The number of aliphatic hydroxyl groups is 1. The summed E-state index contributed by atoms with van der Waals surface area (Å²) in [6, 6.07) is 10.1. The maximum atomic E-state index is 9.36. The highest BCUT2D eigenvalue weighted by molar-refractivity contribution is 5.18. The van der Waals surface area contributed by atoms with Crippen molar-refractivity contribution in [1.82, 2.24) is 10.6 Å². The lowest BCUT2D eigenvalue weighted by molar-refractivity contribution is 0.243. The van der Waals surface area contributed by atoms with Gasteiger partial charge >= 0.3 is 0 Å². The summed E-state index contributed by atoms with van der Waals surface area (Å²) in [7, 11) is 0. The summed E-state index contributed by atoms with van der Waals surface area (Å²) in [4.78, 5) is 0. The number of aliphatic hydroxyl groups excluding tert-OH is 1. The molecule has 0 heterocycles. The molecule has 0 aliphatic rings. The Morgan fingerprint density at radius 3 is 2.29 bits per heavy atom. The minimum atomic E-state index is 0.0259. The standard InChI is InChI=1S/C14H24N2O/c1-14(2,3)16-10-9-15-13(11-17)12-7-5-4-6-8-12/h4-8,13,15-17H,9-11H2,1-3H3/t13-/m1/s1. The van der Waals surface area contributed by atoms with Crippen LogP contribution in [0.25, 0.3) is 0 Å². The molecule has 0 aliphatic heterocycles. The Labute approximate surface area is 104 Å². The molecule has 0 saturated carbocycles. The second-order valence-electron chi connectivity index (χ2n) is 5.28. The predicted molar refractivity (Wildman–Crippen MR) is 72.0 cm³/mol. The zero-order valence-electron chi connectivity index (χ0n) is 11.0. The molecule has 17 heavy (non-hydrogen) atoms. The Hall–Kier alpha value is -0.900. The van der Waals surface area contributed by atoms with Crippen LogP contribution in [0, 0.1) is 0 Å². The average molecular weight is 236 g/mol. The van der Waals surface area contributed by atoms with E-state index in [-0.39, 0.29) is 18.2 Å². The van der Waals surface area contributed by atoms with E-state index >= 15 is 0 Å². The van der Waals surface area contributed by atoms with Gasteiger partial charge in [-0.2, -0.15) is 0 Å². The van der Waals surface area contributed by atoms with E-state index in [1.54, 1.807) is 0 Å². The summed E-state index contributed by atoms with van der Waals surface area (Å²) < 4.78 is 0. The summed E-state index contributed by atoms with van der Waals surface area (Å²) in [6.45, 7) is 8.30. The van der Waals surface area contributed by atoms with Crippen LogP contribution >= 0.6 is 0 Å². The van der Waals surface area contributed by atoms with Gasteiger partial charge in [-0.05, 0) is 26.3 Å². The van der Waals surface area contributed by atoms with Crippen LogP contribution in [0.4, 0.5) is 0 Å². The van der Waals surface area contributed by atoms with Gasteiger partial charge in [-0.15, -0.1) is 0 Å². The van der Waals surface area contributed by atoms with Crippen molar-refractivity contribution in [3.63, 3.8) is 0 Å². The second kappa shape index (κ2) is 6.74. The van der Waals surface area contributed by atoms with Crippen LogP contribution in [0.3, 0.4) is 0 Å². The third kappa shape index (κ3) is 5.82. The predicted octanol–water partition coefficient (Wildman–Crippen LogP) is 1.70. The molecule has 3 N–H and O–H groups in total. The van der Waals surface area contributed by atoms with Crippen molar-refractivity contribution in [3.05, 3.63) is 35.9 Å². The van der Waals surface area contributed by atoms with Crippen LogP contribution in [0.15, 0.2) is 30.3 Å². The minimum Gasteiger partial charge on any atom is -0.394 e. The molecule has 1 aromatic rings. The van der Waals surface area contributed by atoms with Crippen molar-refractivity contribution < 1.29 is 5.11 Å². The van der Waals surface area contributed by atoms with E-state index in [9.17, 15) is 5.11 Å². The first-order chi connectivity index (χ1) is 8.03. The van der Waals surface area contributed by atoms with Crippen molar-refractivity contribution in [2.45, 2.75) is 32.4 Å². The largest absolute Gasteiger partial charge is 0.394 e. The van der Waals surface area contributed by atoms with Crippen molar-refractivity contribution in [1.29, 1.82) is 0 Å². The molecule has 1 atom stereocenters. The number of hydrogen-bond donors (Lipinski definition) is 3. The molecule has 0 aliphatic carbocycles. The van der Waals surface area contributed by atoms with Gasteiger partial charge < -0.3 is 15.7 Å². The molecular weight excluding hydrogens is 212 g/mol. The zero-order chi connectivity index (χ0) is 12.7. The Morgan fingerprint density at radius 1 is 1.12 bits per heavy atom. The van der Waals surface area contributed by atoms with Gasteiger partial charge in [0.2, 0.25) is 0 Å². The highest BCUT2D eigenvalue weighted by Crippen LogP contribution is 2.10. The summed E-state index contributed by atoms with van der Waals surface area (Å²) in [6.07, 6.45) is 0. The van der Waals surface area contributed by atoms with E-state index in [1.807, 2.05) is 30.3 Å². The van der Waals surface area contributed by atoms with Crippen LogP contribution in [0.2, 0.25) is 0 Å². The first-order valence-corrected chi connectivity index (χ1v) is 6.17. The Balaban J connectivity index is 2.34. The normalized spacial score (nSPS) is 13.6. The average Bonchev–Trinajstić information content (AvgIpc) is 2.29. The van der Waals surface area contributed by atoms with Gasteiger partial charge in [-0.3, -0.25) is 0 Å². The van der Waals surface area contributed by atoms with Gasteiger partial charge in [0.25, 0.3) is 0 Å². The fraction of sp³-hybridized carbons (Fsp3) is 0.571. The van der Waals surface area contributed by atoms with Crippen molar-refractivity contribution in [3.8, 4) is 0 Å². The summed E-state index contributed by atoms with van der Waals surface area (Å²) in [5.41, 5.74) is 1.27. The minimum absolute atomic E-state index is 0.0259. The van der Waals surface area contributed by atoms with E-state index in [2.05, 4.69) is 31.4 Å². The van der Waals surface area contributed by atoms with Gasteiger partial charge in [0.15, 0.2) is 0 Å². The molecule has 1 rings (SSSR count). The third-order valence-corrected chi connectivity index (χ3v) is 2.56. The van der Waals surface area contributed by atoms with Crippen LogP contribution in [0.1, 0.15) is 32.4 Å². The fourth-order valence-electron chi connectivity index (χ4n) is 1.66. The van der Waals surface area contributed by atoms with E-state index in [1.165, 1.54) is 0 Å². The molecule has 0 spiro atoms. The monoisotopic (exact) mass is 236 g/mol. The summed E-state index contributed by atoms with van der Waals surface area (Å²) >= 11 is 0. The Kier molecular flexibility index (Phi) is 5.62. The molecule has 3 nitrogen and oxygen atoms in total. The molecular formula is C14H24N2O. The molecule has 0 amide bonds. The van der Waals surface area contributed by atoms with Gasteiger partial charge in [-0.1, -0.05) is 30.3 Å². The van der Waals surface area contributed by atoms with Gasteiger partial charge in [0.05, 0.1) is 12.6 Å². The van der Waals surface area contributed by atoms with Crippen molar-refractivity contribution in [2.75, 3.05) is 19.7 Å². The molecule has 1 aromatic carbocycles. The lowest BCUT2D eigenvalue weighted by Gasteiger charge is -2.22. The van der Waals surface area contributed by atoms with E-state index in [0.29, 0.717) is 0 Å². The molecule has 0 unspecified atom stereocenters. The lowest BCUT2D eigenvalue weighted by Crippen LogP contribution is -2.41. The molecule has 0 saturated heterocycles. The maximum Gasteiger partial charge on any atom is 0.0626 e. The maximum absolute atomic E-state index is 9.36. The van der Waals surface area contributed by atoms with Gasteiger partial charge in [0.1, 0.15) is 0 Å². The van der Waals surface area contributed by atoms with Crippen LogP contribution in [-0.2, 0) is 0 Å². The second-order valence-corrected chi connectivity index (χ2v) is 5.28. The SMILES string of the molecule is CC(C)(C)NCCN[C@H](CO)c1ccccc1. The van der Waals surface area contributed by atoms with Crippen molar-refractivity contribution >= 4 is 0 Å². The van der Waals surface area contributed by atoms with Crippen LogP contribution in [-0.4, -0.2) is 30.3 Å². The third-order valence-electron chi connectivity index (χ3n) is 2.56. The number of hydrogen-bond acceptors (Lipinski definition) is 3. The Morgan fingerprint density at radius 2 is 1.76 bits per heavy atom. The summed E-state index contributed by atoms with van der Waals surface area (Å²) in [5.74, 6) is 0. The van der Waals surface area contributed by atoms with Gasteiger partial charge in [0, 0.05) is 18.6 Å². The number of benzene rings is 1. The smallest absolute Gasteiger partial charge is 0.0626 e. The molecule has 3 heteroatoms. The van der Waals surface area contributed by atoms with E-state index in [0.717, 1.165) is 18.7 Å². The highest BCUT2D eigenvalue weighted by atomic mass is 16.3. The highest BCUT2D eigenvalue weighted by Gasteiger charge is 2.10. The summed E-state index contributed by atoms with van der Waals surface area (Å²) in [5, 5.41) is 16.1. The van der Waals surface area contributed by atoms with E-state index < -0.39 is 0 Å². The fourth-order valence-corrected chi connectivity index (χ4v) is 1.66.